The molecule has 8 heteroatoms. The van der Waals surface area contributed by atoms with Gasteiger partial charge in [-0.3, -0.25) is 10.1 Å². The zero-order chi connectivity index (χ0) is 23.4. The number of anilines is 1. The minimum atomic E-state index is -0.356. The summed E-state index contributed by atoms with van der Waals surface area (Å²) < 4.78 is 11.3. The maximum Gasteiger partial charge on any atom is 0.264 e. The number of oxazole rings is 1. The topological polar surface area (TPSA) is 76.4 Å². The van der Waals surface area contributed by atoms with Gasteiger partial charge in [-0.1, -0.05) is 35.9 Å². The molecule has 0 unspecified atom stereocenters. The highest BCUT2D eigenvalue weighted by Crippen LogP contribution is 2.25. The summed E-state index contributed by atoms with van der Waals surface area (Å²) in [5.41, 5.74) is 5.21. The Kier molecular flexibility index (Phi) is 6.91. The minimum Gasteiger partial charge on any atom is -0.484 e. The van der Waals surface area contributed by atoms with Gasteiger partial charge in [-0.2, -0.15) is 0 Å². The maximum absolute atomic E-state index is 12.2. The summed E-state index contributed by atoms with van der Waals surface area (Å²) in [4.78, 5) is 16.7. The van der Waals surface area contributed by atoms with E-state index < -0.39 is 0 Å². The lowest BCUT2D eigenvalue weighted by molar-refractivity contribution is -0.121. The summed E-state index contributed by atoms with van der Waals surface area (Å²) in [6.45, 7) is 3.62. The second kappa shape index (κ2) is 10.0. The number of hydrogen-bond acceptors (Lipinski definition) is 5. The molecule has 33 heavy (non-hydrogen) atoms. The van der Waals surface area contributed by atoms with Crippen LogP contribution in [-0.2, 0) is 11.2 Å². The van der Waals surface area contributed by atoms with Crippen molar-refractivity contribution in [2.24, 2.45) is 0 Å². The molecule has 0 spiro atoms. The fourth-order valence-corrected chi connectivity index (χ4v) is 3.68. The van der Waals surface area contributed by atoms with Gasteiger partial charge in [-0.25, -0.2) is 4.98 Å². The van der Waals surface area contributed by atoms with E-state index in [-0.39, 0.29) is 17.6 Å². The number of benzene rings is 3. The molecule has 0 fully saturated rings. The van der Waals surface area contributed by atoms with E-state index in [1.165, 1.54) is 0 Å². The van der Waals surface area contributed by atoms with Crippen molar-refractivity contribution in [1.82, 2.24) is 10.3 Å². The number of fused-ring (bicyclic) bond motifs is 1. The smallest absolute Gasteiger partial charge is 0.264 e. The van der Waals surface area contributed by atoms with Gasteiger partial charge in [0.1, 0.15) is 11.3 Å². The number of nitrogens with one attached hydrogen (secondary N) is 2. The summed E-state index contributed by atoms with van der Waals surface area (Å²) in [7, 11) is 0. The summed E-state index contributed by atoms with van der Waals surface area (Å²) in [5.74, 6) is 0.883. The number of aromatic nitrogens is 1. The van der Waals surface area contributed by atoms with Crippen molar-refractivity contribution < 1.29 is 13.9 Å². The molecule has 168 valence electrons. The van der Waals surface area contributed by atoms with Crippen LogP contribution in [0.4, 0.5) is 5.69 Å². The maximum atomic E-state index is 12.2. The van der Waals surface area contributed by atoms with E-state index in [9.17, 15) is 4.79 Å². The second-order valence-corrected chi connectivity index (χ2v) is 8.40. The Bertz CT molecular complexity index is 1260. The van der Waals surface area contributed by atoms with Crippen molar-refractivity contribution in [2.45, 2.75) is 20.3 Å². The predicted molar refractivity (Wildman–Crippen MR) is 134 cm³/mol. The molecular weight excluding hydrogens is 458 g/mol. The molecule has 6 nitrogen and oxygen atoms in total. The molecule has 0 radical (unpaired) electrons. The summed E-state index contributed by atoms with van der Waals surface area (Å²) >= 11 is 11.4. The fourth-order valence-electron chi connectivity index (χ4n) is 3.34. The molecule has 4 aromatic rings. The van der Waals surface area contributed by atoms with Crippen molar-refractivity contribution >= 4 is 51.6 Å². The molecule has 0 saturated carbocycles. The molecule has 0 saturated heterocycles. The van der Waals surface area contributed by atoms with Crippen LogP contribution in [-0.4, -0.2) is 22.6 Å². The molecule has 4 rings (SSSR count). The van der Waals surface area contributed by atoms with Gasteiger partial charge in [0, 0.05) is 17.1 Å². The van der Waals surface area contributed by atoms with Crippen LogP contribution in [0, 0.1) is 13.8 Å². The van der Waals surface area contributed by atoms with E-state index in [1.54, 1.807) is 12.1 Å². The van der Waals surface area contributed by atoms with E-state index in [0.717, 1.165) is 33.5 Å². The molecule has 1 heterocycles. The highest BCUT2D eigenvalue weighted by atomic mass is 35.5. The second-order valence-electron chi connectivity index (χ2n) is 7.61. The van der Waals surface area contributed by atoms with Crippen molar-refractivity contribution in [2.75, 3.05) is 11.9 Å². The summed E-state index contributed by atoms with van der Waals surface area (Å²) in [6.07, 6.45) is 0.580. The lowest BCUT2D eigenvalue weighted by Gasteiger charge is -2.12. The number of carbonyl (C=O) groups excluding carboxylic acids is 1. The average molecular weight is 480 g/mol. The first-order valence-corrected chi connectivity index (χ1v) is 11.1. The highest BCUT2D eigenvalue weighted by molar-refractivity contribution is 7.80. The largest absolute Gasteiger partial charge is 0.484 e. The van der Waals surface area contributed by atoms with Gasteiger partial charge in [0.05, 0.1) is 0 Å². The van der Waals surface area contributed by atoms with Gasteiger partial charge in [-0.05, 0) is 79.2 Å². The average Bonchev–Trinajstić information content (AvgIpc) is 3.19. The van der Waals surface area contributed by atoms with E-state index in [2.05, 4.69) is 15.6 Å². The van der Waals surface area contributed by atoms with Gasteiger partial charge < -0.3 is 14.5 Å². The van der Waals surface area contributed by atoms with E-state index in [0.29, 0.717) is 23.1 Å². The number of ether oxygens (including phenoxy) is 1. The molecular formula is C25H22ClN3O3S. The summed E-state index contributed by atoms with van der Waals surface area (Å²) in [5, 5.41) is 6.50. The van der Waals surface area contributed by atoms with Gasteiger partial charge >= 0.3 is 0 Å². The molecule has 0 aliphatic rings. The fraction of sp³-hybridized carbons (Fsp3) is 0.160. The molecule has 3 aromatic carbocycles. The van der Waals surface area contributed by atoms with E-state index in [4.69, 9.17) is 33.0 Å². The third kappa shape index (κ3) is 5.88. The van der Waals surface area contributed by atoms with Crippen LogP contribution in [0.25, 0.3) is 11.1 Å². The van der Waals surface area contributed by atoms with Crippen LogP contribution in [0.15, 0.2) is 65.1 Å². The Balaban J connectivity index is 1.27. The normalized spacial score (nSPS) is 10.8. The number of aryl methyl sites for hydroxylation is 2. The summed E-state index contributed by atoms with van der Waals surface area (Å²) in [6, 6.07) is 18.9. The zero-order valence-corrected chi connectivity index (χ0v) is 19.7. The van der Waals surface area contributed by atoms with Crippen molar-refractivity contribution in [3.63, 3.8) is 0 Å². The lowest BCUT2D eigenvalue weighted by Crippen LogP contribution is -2.37. The third-order valence-corrected chi connectivity index (χ3v) is 5.74. The SMILES string of the molecule is Cc1cc(OCC(=O)NC(=S)Nc2ccc(Cc3nc4ccccc4o3)cc2)cc(C)c1Cl. The molecule has 0 atom stereocenters. The number of hydrogen-bond donors (Lipinski definition) is 2. The van der Waals surface area contributed by atoms with Gasteiger partial charge in [-0.15, -0.1) is 0 Å². The Morgan fingerprint density at radius 1 is 1.09 bits per heavy atom. The Hall–Kier alpha value is -3.42. The first-order valence-electron chi connectivity index (χ1n) is 10.3. The molecule has 1 amide bonds. The third-order valence-electron chi connectivity index (χ3n) is 4.94. The Labute approximate surface area is 201 Å². The monoisotopic (exact) mass is 479 g/mol. The van der Waals surface area contributed by atoms with Crippen molar-refractivity contribution in [1.29, 1.82) is 0 Å². The Morgan fingerprint density at radius 2 is 1.79 bits per heavy atom. The first kappa shape index (κ1) is 22.8. The van der Waals surface area contributed by atoms with Gasteiger partial charge in [0.2, 0.25) is 0 Å². The van der Waals surface area contributed by atoms with Gasteiger partial charge in [0.25, 0.3) is 5.91 Å². The van der Waals surface area contributed by atoms with E-state index in [1.807, 2.05) is 62.4 Å². The number of thiocarbonyl (C=S) groups is 1. The molecule has 0 aliphatic carbocycles. The van der Waals surface area contributed by atoms with Gasteiger partial charge in [0.15, 0.2) is 23.2 Å². The zero-order valence-electron chi connectivity index (χ0n) is 18.1. The molecule has 2 N–H and O–H groups in total. The first-order chi connectivity index (χ1) is 15.9. The van der Waals surface area contributed by atoms with Crippen LogP contribution >= 0.6 is 23.8 Å². The quantitative estimate of drug-likeness (QED) is 0.351. The number of halogens is 1. The lowest BCUT2D eigenvalue weighted by atomic mass is 10.1. The molecule has 1 aromatic heterocycles. The van der Waals surface area contributed by atoms with Crippen LogP contribution in [0.1, 0.15) is 22.6 Å². The predicted octanol–water partition coefficient (Wildman–Crippen LogP) is 5.58. The van der Waals surface area contributed by atoms with Crippen molar-refractivity contribution in [3.8, 4) is 5.75 Å². The van der Waals surface area contributed by atoms with Crippen molar-refractivity contribution in [3.05, 3.63) is 88.3 Å². The standard InChI is InChI=1S/C25H22ClN3O3S/c1-15-11-19(12-16(2)24(15)26)31-14-22(30)29-25(33)27-18-9-7-17(8-10-18)13-23-28-20-5-3-4-6-21(20)32-23/h3-12H,13-14H2,1-2H3,(H2,27,29,30,33). The number of para-hydroxylation sites is 2. The number of rotatable bonds is 6. The van der Waals surface area contributed by atoms with Crippen LogP contribution in [0.2, 0.25) is 5.02 Å². The highest BCUT2D eigenvalue weighted by Gasteiger charge is 2.09. The number of carbonyl (C=O) groups is 1. The van der Waals surface area contributed by atoms with Crippen LogP contribution in [0.3, 0.4) is 0 Å². The number of nitrogens with zero attached hydrogens (tertiary/aromatic N) is 1. The van der Waals surface area contributed by atoms with E-state index >= 15 is 0 Å². The van der Waals surface area contributed by atoms with Crippen LogP contribution < -0.4 is 15.4 Å². The molecule has 0 aliphatic heterocycles. The van der Waals surface area contributed by atoms with Crippen LogP contribution in [0.5, 0.6) is 5.75 Å². The minimum absolute atomic E-state index is 0.161. The molecule has 0 bridgehead atoms. The Morgan fingerprint density at radius 3 is 2.48 bits per heavy atom. The number of amides is 1.